The average Bonchev–Trinajstić information content (AvgIpc) is 2.56. The Morgan fingerprint density at radius 2 is 2.04 bits per heavy atom. The van der Waals surface area contributed by atoms with Crippen molar-refractivity contribution < 1.29 is 36.7 Å². The Labute approximate surface area is 150 Å². The van der Waals surface area contributed by atoms with Gasteiger partial charge in [-0.3, -0.25) is 19.7 Å². The summed E-state index contributed by atoms with van der Waals surface area (Å²) in [6, 6.07) is 1.42. The first kappa shape index (κ1) is 20.6. The summed E-state index contributed by atoms with van der Waals surface area (Å²) >= 11 is 0. The third-order valence-corrected chi connectivity index (χ3v) is 3.56. The van der Waals surface area contributed by atoms with E-state index < -0.39 is 36.4 Å². The van der Waals surface area contributed by atoms with Gasteiger partial charge >= 0.3 is 6.18 Å². The third kappa shape index (κ3) is 5.62. The number of nitrogens with two attached hydrogens (primary N) is 1. The number of ether oxygens (including phenoxy) is 1. The molecule has 3 amide bonds. The summed E-state index contributed by atoms with van der Waals surface area (Å²) in [5.74, 6) is -3.92. The zero-order valence-corrected chi connectivity index (χ0v) is 13.8. The number of halogens is 4. The van der Waals surface area contributed by atoms with Gasteiger partial charge < -0.3 is 20.7 Å². The molecule has 1 aliphatic rings. The average molecular weight is 392 g/mol. The smallest absolute Gasteiger partial charge is 0.370 e. The summed E-state index contributed by atoms with van der Waals surface area (Å²) in [7, 11) is 0. The molecule has 1 aromatic rings. The van der Waals surface area contributed by atoms with Gasteiger partial charge in [-0.05, 0) is 18.2 Å². The molecule has 1 heterocycles. The summed E-state index contributed by atoms with van der Waals surface area (Å²) in [4.78, 5) is 36.2. The SMILES string of the molecule is NC(=O)[C@@H](NCC(F)(F)F)C(=O)Nc1ccc(N2CCOCC2=O)cc1F. The number of carbonyl (C=O) groups is 3. The van der Waals surface area contributed by atoms with Crippen LogP contribution in [-0.2, 0) is 19.1 Å². The van der Waals surface area contributed by atoms with Gasteiger partial charge in [-0.15, -0.1) is 0 Å². The molecule has 0 spiro atoms. The maximum absolute atomic E-state index is 14.2. The highest BCUT2D eigenvalue weighted by atomic mass is 19.4. The van der Waals surface area contributed by atoms with Crippen molar-refractivity contribution in [3.8, 4) is 0 Å². The van der Waals surface area contributed by atoms with E-state index in [0.29, 0.717) is 0 Å². The zero-order valence-electron chi connectivity index (χ0n) is 13.8. The molecule has 0 radical (unpaired) electrons. The van der Waals surface area contributed by atoms with Crippen LogP contribution in [0.4, 0.5) is 28.9 Å². The van der Waals surface area contributed by atoms with Gasteiger partial charge in [0.25, 0.3) is 11.8 Å². The normalized spacial score (nSPS) is 16.1. The largest absolute Gasteiger partial charge is 0.401 e. The Hall–Kier alpha value is -2.73. The molecule has 12 heteroatoms. The number of nitrogens with one attached hydrogen (secondary N) is 2. The first-order chi connectivity index (χ1) is 12.6. The fourth-order valence-electron chi connectivity index (χ4n) is 2.31. The highest BCUT2D eigenvalue weighted by Gasteiger charge is 2.32. The van der Waals surface area contributed by atoms with Gasteiger partial charge in [0.2, 0.25) is 5.91 Å². The van der Waals surface area contributed by atoms with Gasteiger partial charge in [-0.1, -0.05) is 0 Å². The topological polar surface area (TPSA) is 114 Å². The first-order valence-electron chi connectivity index (χ1n) is 7.66. The number of hydrogen-bond acceptors (Lipinski definition) is 5. The van der Waals surface area contributed by atoms with Crippen LogP contribution >= 0.6 is 0 Å². The van der Waals surface area contributed by atoms with Gasteiger partial charge in [0, 0.05) is 12.2 Å². The van der Waals surface area contributed by atoms with Crippen LogP contribution in [0.3, 0.4) is 0 Å². The highest BCUT2D eigenvalue weighted by Crippen LogP contribution is 2.23. The molecule has 4 N–H and O–H groups in total. The Balaban J connectivity index is 2.10. The van der Waals surface area contributed by atoms with E-state index in [1.54, 1.807) is 5.32 Å². The van der Waals surface area contributed by atoms with E-state index in [4.69, 9.17) is 10.5 Å². The number of rotatable bonds is 6. The zero-order chi connectivity index (χ0) is 20.2. The minimum absolute atomic E-state index is 0.148. The molecule has 0 aromatic heterocycles. The lowest BCUT2D eigenvalue weighted by Crippen LogP contribution is -2.52. The molecule has 0 unspecified atom stereocenters. The van der Waals surface area contributed by atoms with Crippen LogP contribution in [0.1, 0.15) is 0 Å². The lowest BCUT2D eigenvalue weighted by molar-refractivity contribution is -0.135. The van der Waals surface area contributed by atoms with Crippen molar-refractivity contribution in [1.29, 1.82) is 0 Å². The number of primary amides is 1. The lowest BCUT2D eigenvalue weighted by atomic mass is 10.2. The maximum Gasteiger partial charge on any atom is 0.401 e. The van der Waals surface area contributed by atoms with Crippen molar-refractivity contribution in [3.05, 3.63) is 24.0 Å². The Morgan fingerprint density at radius 1 is 1.33 bits per heavy atom. The number of nitrogens with zero attached hydrogens (tertiary/aromatic N) is 1. The highest BCUT2D eigenvalue weighted by molar-refractivity contribution is 6.09. The third-order valence-electron chi connectivity index (χ3n) is 3.56. The molecule has 2 rings (SSSR count). The van der Waals surface area contributed by atoms with Crippen LogP contribution in [0.25, 0.3) is 0 Å². The quantitative estimate of drug-likeness (QED) is 0.471. The molecular formula is C15H16F4N4O4. The van der Waals surface area contributed by atoms with Gasteiger partial charge in [0.15, 0.2) is 6.04 Å². The fraction of sp³-hybridized carbons (Fsp3) is 0.400. The van der Waals surface area contributed by atoms with Crippen molar-refractivity contribution in [1.82, 2.24) is 5.32 Å². The van der Waals surface area contributed by atoms with Crippen molar-refractivity contribution in [2.45, 2.75) is 12.2 Å². The Bertz CT molecular complexity index is 741. The van der Waals surface area contributed by atoms with Crippen molar-refractivity contribution in [2.75, 3.05) is 36.5 Å². The molecule has 148 valence electrons. The summed E-state index contributed by atoms with van der Waals surface area (Å²) in [6.07, 6.45) is -4.68. The number of benzene rings is 1. The molecule has 0 bridgehead atoms. The monoisotopic (exact) mass is 392 g/mol. The van der Waals surface area contributed by atoms with Gasteiger partial charge in [-0.2, -0.15) is 13.2 Å². The first-order valence-corrected chi connectivity index (χ1v) is 7.66. The predicted octanol–water partition coefficient (Wildman–Crippen LogP) is 0.133. The number of carbonyl (C=O) groups excluding carboxylic acids is 3. The molecule has 1 atom stereocenters. The van der Waals surface area contributed by atoms with E-state index in [1.165, 1.54) is 11.0 Å². The Kier molecular flexibility index (Phi) is 6.33. The number of morpholine rings is 1. The standard InChI is InChI=1S/C15H16F4N4O4/c16-9-5-8(23-3-4-27-6-11(23)24)1-2-10(9)22-14(26)12(13(20)25)21-7-15(17,18)19/h1-2,5,12,21H,3-4,6-7H2,(H2,20,25)(H,22,26)/t12-/m1/s1. The molecule has 27 heavy (non-hydrogen) atoms. The molecule has 1 aliphatic heterocycles. The van der Waals surface area contributed by atoms with E-state index in [1.807, 2.05) is 5.32 Å². The van der Waals surface area contributed by atoms with E-state index >= 15 is 0 Å². The van der Waals surface area contributed by atoms with Crippen LogP contribution in [0, 0.1) is 5.82 Å². The number of anilines is 2. The van der Waals surface area contributed by atoms with Crippen LogP contribution in [0.5, 0.6) is 0 Å². The van der Waals surface area contributed by atoms with Gasteiger partial charge in [0.05, 0.1) is 18.8 Å². The number of amides is 3. The van der Waals surface area contributed by atoms with E-state index in [2.05, 4.69) is 0 Å². The second kappa shape index (κ2) is 8.31. The van der Waals surface area contributed by atoms with Crippen LogP contribution in [-0.4, -0.2) is 56.2 Å². The van der Waals surface area contributed by atoms with Crippen molar-refractivity contribution >= 4 is 29.1 Å². The van der Waals surface area contributed by atoms with E-state index in [9.17, 15) is 31.9 Å². The van der Waals surface area contributed by atoms with Crippen molar-refractivity contribution in [2.24, 2.45) is 5.73 Å². The molecule has 1 fully saturated rings. The second-order valence-corrected chi connectivity index (χ2v) is 5.58. The number of alkyl halides is 3. The molecule has 0 saturated carbocycles. The van der Waals surface area contributed by atoms with Gasteiger partial charge in [0.1, 0.15) is 12.4 Å². The minimum atomic E-state index is -4.68. The Morgan fingerprint density at radius 3 is 2.59 bits per heavy atom. The van der Waals surface area contributed by atoms with Crippen molar-refractivity contribution in [3.63, 3.8) is 0 Å². The minimum Gasteiger partial charge on any atom is -0.370 e. The lowest BCUT2D eigenvalue weighted by Gasteiger charge is -2.27. The fourth-order valence-corrected chi connectivity index (χ4v) is 2.31. The van der Waals surface area contributed by atoms with E-state index in [0.717, 1.165) is 12.1 Å². The summed E-state index contributed by atoms with van der Waals surface area (Å²) in [5, 5.41) is 3.66. The number of hydrogen-bond donors (Lipinski definition) is 3. The van der Waals surface area contributed by atoms with Crippen LogP contribution < -0.4 is 21.3 Å². The van der Waals surface area contributed by atoms with Gasteiger partial charge in [-0.25, -0.2) is 4.39 Å². The molecule has 1 aromatic carbocycles. The van der Waals surface area contributed by atoms with Crippen LogP contribution in [0.2, 0.25) is 0 Å². The molecule has 0 aliphatic carbocycles. The van der Waals surface area contributed by atoms with E-state index in [-0.39, 0.29) is 37.0 Å². The second-order valence-electron chi connectivity index (χ2n) is 5.58. The molecule has 1 saturated heterocycles. The summed E-state index contributed by atoms with van der Waals surface area (Å²) < 4.78 is 55.9. The summed E-state index contributed by atoms with van der Waals surface area (Å²) in [5.41, 5.74) is 4.75. The maximum atomic E-state index is 14.2. The molecule has 8 nitrogen and oxygen atoms in total. The molecular weight excluding hydrogens is 376 g/mol. The summed E-state index contributed by atoms with van der Waals surface area (Å²) in [6.45, 7) is -1.29. The van der Waals surface area contributed by atoms with Crippen LogP contribution in [0.15, 0.2) is 18.2 Å². The predicted molar refractivity (Wildman–Crippen MR) is 85.2 cm³/mol.